The smallest absolute Gasteiger partial charge is 0.0433 e. The number of hydrogen-bond donors (Lipinski definition) is 1. The van der Waals surface area contributed by atoms with Gasteiger partial charge in [0.2, 0.25) is 0 Å². The van der Waals surface area contributed by atoms with Gasteiger partial charge in [0.25, 0.3) is 0 Å². The van der Waals surface area contributed by atoms with Crippen LogP contribution in [0.15, 0.2) is 0 Å². The molecule has 0 amide bonds. The number of aliphatic hydroxyl groups is 1. The lowest BCUT2D eigenvalue weighted by Crippen LogP contribution is -2.02. The zero-order chi connectivity index (χ0) is 12.1. The van der Waals surface area contributed by atoms with Gasteiger partial charge in [-0.05, 0) is 12.3 Å². The summed E-state index contributed by atoms with van der Waals surface area (Å²) in [7, 11) is 0. The second-order valence-corrected chi connectivity index (χ2v) is 5.08. The van der Waals surface area contributed by atoms with Crippen LogP contribution < -0.4 is 0 Å². The zero-order valence-electron chi connectivity index (χ0n) is 11.5. The van der Waals surface area contributed by atoms with E-state index in [1.807, 2.05) is 0 Å². The molecule has 98 valence electrons. The monoisotopic (exact) mass is 228 g/mol. The predicted octanol–water partition coefficient (Wildman–Crippen LogP) is 4.93. The third kappa shape index (κ3) is 10.5. The molecule has 1 N–H and O–H groups in total. The van der Waals surface area contributed by atoms with Crippen molar-refractivity contribution in [3.05, 3.63) is 0 Å². The highest BCUT2D eigenvalue weighted by Crippen LogP contribution is 2.19. The summed E-state index contributed by atoms with van der Waals surface area (Å²) >= 11 is 0. The standard InChI is InChI=1S/C15H32O/c1-3-5-6-7-8-9-10-12-15(11-4-2)13-14-16/h15-16H,3-14H2,1-2H3. The van der Waals surface area contributed by atoms with E-state index < -0.39 is 0 Å². The Kier molecular flexibility index (Phi) is 13.0. The number of rotatable bonds is 12. The van der Waals surface area contributed by atoms with Crippen molar-refractivity contribution in [1.82, 2.24) is 0 Å². The van der Waals surface area contributed by atoms with Crippen LogP contribution >= 0.6 is 0 Å². The van der Waals surface area contributed by atoms with Gasteiger partial charge in [-0.25, -0.2) is 0 Å². The van der Waals surface area contributed by atoms with Crippen LogP contribution in [0.5, 0.6) is 0 Å². The molecule has 0 radical (unpaired) electrons. The zero-order valence-corrected chi connectivity index (χ0v) is 11.5. The molecule has 0 rings (SSSR count). The third-order valence-corrected chi connectivity index (χ3v) is 3.45. The third-order valence-electron chi connectivity index (χ3n) is 3.45. The molecule has 0 aliphatic carbocycles. The molecule has 0 saturated heterocycles. The molecule has 1 nitrogen and oxygen atoms in total. The summed E-state index contributed by atoms with van der Waals surface area (Å²) < 4.78 is 0. The molecule has 0 spiro atoms. The van der Waals surface area contributed by atoms with E-state index in [1.165, 1.54) is 64.2 Å². The fraction of sp³-hybridized carbons (Fsp3) is 1.00. The van der Waals surface area contributed by atoms with E-state index >= 15 is 0 Å². The summed E-state index contributed by atoms with van der Waals surface area (Å²) in [5.74, 6) is 0.783. The lowest BCUT2D eigenvalue weighted by atomic mass is 9.93. The normalized spacial score (nSPS) is 12.9. The molecule has 0 heterocycles. The van der Waals surface area contributed by atoms with E-state index in [0.29, 0.717) is 6.61 Å². The Morgan fingerprint density at radius 2 is 1.31 bits per heavy atom. The van der Waals surface area contributed by atoms with Crippen molar-refractivity contribution in [3.8, 4) is 0 Å². The summed E-state index contributed by atoms with van der Waals surface area (Å²) in [6, 6.07) is 0. The topological polar surface area (TPSA) is 20.2 Å². The van der Waals surface area contributed by atoms with Crippen LogP contribution in [0.4, 0.5) is 0 Å². The average molecular weight is 228 g/mol. The maximum Gasteiger partial charge on any atom is 0.0433 e. The van der Waals surface area contributed by atoms with Gasteiger partial charge < -0.3 is 5.11 Å². The number of hydrogen-bond acceptors (Lipinski definition) is 1. The van der Waals surface area contributed by atoms with E-state index in [-0.39, 0.29) is 0 Å². The van der Waals surface area contributed by atoms with Crippen molar-refractivity contribution >= 4 is 0 Å². The van der Waals surface area contributed by atoms with Crippen LogP contribution in [-0.4, -0.2) is 11.7 Å². The second kappa shape index (κ2) is 13.0. The highest BCUT2D eigenvalue weighted by Gasteiger charge is 2.06. The van der Waals surface area contributed by atoms with E-state index in [9.17, 15) is 0 Å². The lowest BCUT2D eigenvalue weighted by molar-refractivity contribution is 0.243. The first-order valence-electron chi connectivity index (χ1n) is 7.46. The van der Waals surface area contributed by atoms with Crippen molar-refractivity contribution in [2.24, 2.45) is 5.92 Å². The van der Waals surface area contributed by atoms with Gasteiger partial charge in [0, 0.05) is 6.61 Å². The molecular weight excluding hydrogens is 196 g/mol. The minimum atomic E-state index is 0.376. The highest BCUT2D eigenvalue weighted by molar-refractivity contribution is 4.59. The Hall–Kier alpha value is -0.0400. The van der Waals surface area contributed by atoms with Crippen molar-refractivity contribution in [3.63, 3.8) is 0 Å². The Morgan fingerprint density at radius 3 is 1.88 bits per heavy atom. The Balaban J connectivity index is 3.25. The summed E-state index contributed by atoms with van der Waals surface area (Å²) in [4.78, 5) is 0. The van der Waals surface area contributed by atoms with Crippen LogP contribution in [0.1, 0.15) is 84.5 Å². The summed E-state index contributed by atoms with van der Waals surface area (Å²) in [6.07, 6.45) is 14.7. The first-order valence-corrected chi connectivity index (χ1v) is 7.46. The van der Waals surface area contributed by atoms with Crippen LogP contribution in [0.3, 0.4) is 0 Å². The quantitative estimate of drug-likeness (QED) is 0.470. The molecule has 0 aromatic rings. The van der Waals surface area contributed by atoms with Crippen LogP contribution in [0.2, 0.25) is 0 Å². The molecule has 1 atom stereocenters. The molecule has 16 heavy (non-hydrogen) atoms. The first-order chi connectivity index (χ1) is 7.85. The maximum absolute atomic E-state index is 8.96. The number of aliphatic hydroxyl groups excluding tert-OH is 1. The minimum Gasteiger partial charge on any atom is -0.396 e. The van der Waals surface area contributed by atoms with Crippen molar-refractivity contribution < 1.29 is 5.11 Å². The number of unbranched alkanes of at least 4 members (excludes halogenated alkanes) is 6. The van der Waals surface area contributed by atoms with Gasteiger partial charge in [0.1, 0.15) is 0 Å². The fourth-order valence-electron chi connectivity index (χ4n) is 2.41. The molecule has 0 aliphatic rings. The highest BCUT2D eigenvalue weighted by atomic mass is 16.3. The van der Waals surface area contributed by atoms with Crippen LogP contribution in [-0.2, 0) is 0 Å². The van der Waals surface area contributed by atoms with Crippen LogP contribution in [0, 0.1) is 5.92 Å². The largest absolute Gasteiger partial charge is 0.396 e. The molecule has 0 saturated carbocycles. The SMILES string of the molecule is CCCCCCCCCC(CCC)CCO. The van der Waals surface area contributed by atoms with Crippen molar-refractivity contribution in [2.75, 3.05) is 6.61 Å². The second-order valence-electron chi connectivity index (χ2n) is 5.08. The molecule has 1 unspecified atom stereocenters. The molecule has 0 bridgehead atoms. The van der Waals surface area contributed by atoms with Crippen LogP contribution in [0.25, 0.3) is 0 Å². The summed E-state index contributed by atoms with van der Waals surface area (Å²) in [6.45, 7) is 4.89. The fourth-order valence-corrected chi connectivity index (χ4v) is 2.41. The first kappa shape index (κ1) is 16.0. The van der Waals surface area contributed by atoms with Gasteiger partial charge in [-0.2, -0.15) is 0 Å². The molecule has 0 aromatic heterocycles. The average Bonchev–Trinajstić information content (AvgIpc) is 2.28. The van der Waals surface area contributed by atoms with Gasteiger partial charge in [-0.15, -0.1) is 0 Å². The van der Waals surface area contributed by atoms with E-state index in [4.69, 9.17) is 5.11 Å². The van der Waals surface area contributed by atoms with Gasteiger partial charge in [0.05, 0.1) is 0 Å². The van der Waals surface area contributed by atoms with E-state index in [1.54, 1.807) is 0 Å². The van der Waals surface area contributed by atoms with Crippen molar-refractivity contribution in [1.29, 1.82) is 0 Å². The molecule has 0 aromatic carbocycles. The molecular formula is C15H32O. The van der Waals surface area contributed by atoms with E-state index in [2.05, 4.69) is 13.8 Å². The molecule has 1 heteroatoms. The maximum atomic E-state index is 8.96. The summed E-state index contributed by atoms with van der Waals surface area (Å²) in [5, 5.41) is 8.96. The van der Waals surface area contributed by atoms with Gasteiger partial charge in [-0.1, -0.05) is 78.1 Å². The van der Waals surface area contributed by atoms with Gasteiger partial charge >= 0.3 is 0 Å². The van der Waals surface area contributed by atoms with Gasteiger partial charge in [0.15, 0.2) is 0 Å². The van der Waals surface area contributed by atoms with E-state index in [0.717, 1.165) is 12.3 Å². The summed E-state index contributed by atoms with van der Waals surface area (Å²) in [5.41, 5.74) is 0. The van der Waals surface area contributed by atoms with Crippen molar-refractivity contribution in [2.45, 2.75) is 84.5 Å². The molecule has 0 fully saturated rings. The molecule has 0 aliphatic heterocycles. The van der Waals surface area contributed by atoms with Gasteiger partial charge in [-0.3, -0.25) is 0 Å². The Morgan fingerprint density at radius 1 is 0.688 bits per heavy atom. The Bertz CT molecular complexity index is 117. The lowest BCUT2D eigenvalue weighted by Gasteiger charge is -2.14. The predicted molar refractivity (Wildman–Crippen MR) is 72.7 cm³/mol. The Labute approximate surface area is 103 Å². The minimum absolute atomic E-state index is 0.376.